The summed E-state index contributed by atoms with van der Waals surface area (Å²) in [5.41, 5.74) is -1.58. The molecule has 0 aromatic heterocycles. The fourth-order valence-corrected chi connectivity index (χ4v) is 3.94. The average Bonchev–Trinajstić information content (AvgIpc) is 2.66. The number of hydrogen-bond acceptors (Lipinski definition) is 2. The quantitative estimate of drug-likeness (QED) is 0.0973. The molecule has 0 fully saturated rings. The summed E-state index contributed by atoms with van der Waals surface area (Å²) < 4.78 is 0. The predicted molar refractivity (Wildman–Crippen MR) is 125 cm³/mol. The Kier molecular flexibility index (Phi) is 23.8. The van der Waals surface area contributed by atoms with Gasteiger partial charge in [0.25, 0.3) is 0 Å². The van der Waals surface area contributed by atoms with Crippen LogP contribution in [-0.2, 0) is 9.59 Å². The molecule has 0 aromatic rings. The molecule has 0 aliphatic rings. The van der Waals surface area contributed by atoms with Crippen LogP contribution in [0.4, 0.5) is 0 Å². The second-order valence-electron chi connectivity index (χ2n) is 8.50. The van der Waals surface area contributed by atoms with Crippen LogP contribution >= 0.6 is 0 Å². The number of carboxylic acid groups (broad SMARTS) is 2. The fourth-order valence-electron chi connectivity index (χ4n) is 3.94. The summed E-state index contributed by atoms with van der Waals surface area (Å²) in [5, 5.41) is 19.3. The molecule has 0 saturated heterocycles. The molecule has 4 nitrogen and oxygen atoms in total. The summed E-state index contributed by atoms with van der Waals surface area (Å²) in [7, 11) is 0. The van der Waals surface area contributed by atoms with Crippen LogP contribution in [0.2, 0.25) is 0 Å². The number of rotatable bonds is 21. The molecule has 0 amide bonds. The van der Waals surface area contributed by atoms with Crippen molar-refractivity contribution in [3.05, 3.63) is 0 Å². The van der Waals surface area contributed by atoms with Gasteiger partial charge in [-0.1, -0.05) is 123 Å². The zero-order chi connectivity index (χ0) is 21.1. The van der Waals surface area contributed by atoms with Gasteiger partial charge in [-0.05, 0) is 12.8 Å². The molecule has 170 valence electrons. The van der Waals surface area contributed by atoms with Gasteiger partial charge in [0.05, 0.1) is 0 Å². The van der Waals surface area contributed by atoms with E-state index in [9.17, 15) is 19.8 Å². The number of carboxylic acids is 2. The molecule has 0 aromatic carbocycles. The first kappa shape index (κ1) is 31.7. The monoisotopic (exact) mass is 538 g/mol. The molecule has 5 heteroatoms. The van der Waals surface area contributed by atoms with Crippen molar-refractivity contribution in [2.45, 2.75) is 136 Å². The fraction of sp³-hybridized carbons (Fsp3) is 0.917. The van der Waals surface area contributed by atoms with Crippen LogP contribution in [0.15, 0.2) is 0 Å². The Bertz CT molecular complexity index is 384. The molecule has 2 N–H and O–H groups in total. The third kappa shape index (κ3) is 15.9. The van der Waals surface area contributed by atoms with Gasteiger partial charge >= 0.3 is 60.8 Å². The van der Waals surface area contributed by atoms with Crippen LogP contribution in [0, 0.1) is 5.41 Å². The number of unbranched alkanes of at least 4 members (excludes halogenated alkanes) is 15. The Morgan fingerprint density at radius 2 is 0.759 bits per heavy atom. The Morgan fingerprint density at radius 3 is 1.00 bits per heavy atom. The summed E-state index contributed by atoms with van der Waals surface area (Å²) in [5.74, 6) is -2.30. The SMILES string of the molecule is CCCCCCCCCCCCC(CCCCCCCCC)(C(=O)O)C(=O)O.[BaH2]. The topological polar surface area (TPSA) is 74.6 Å². The van der Waals surface area contributed by atoms with E-state index in [4.69, 9.17) is 0 Å². The molecule has 0 unspecified atom stereocenters. The Morgan fingerprint density at radius 1 is 0.517 bits per heavy atom. The van der Waals surface area contributed by atoms with Gasteiger partial charge in [0, 0.05) is 0 Å². The van der Waals surface area contributed by atoms with Crippen molar-refractivity contribution in [2.24, 2.45) is 5.41 Å². The summed E-state index contributed by atoms with van der Waals surface area (Å²) >= 11 is 0. The first-order valence-electron chi connectivity index (χ1n) is 12.0. The van der Waals surface area contributed by atoms with E-state index in [0.717, 1.165) is 25.7 Å². The Labute approximate surface area is 220 Å². The van der Waals surface area contributed by atoms with E-state index in [0.29, 0.717) is 12.8 Å². The molecule has 0 aliphatic carbocycles. The van der Waals surface area contributed by atoms with Gasteiger partial charge in [-0.25, -0.2) is 0 Å². The molecule has 0 spiro atoms. The van der Waals surface area contributed by atoms with Gasteiger partial charge in [0.15, 0.2) is 5.41 Å². The zero-order valence-corrected chi connectivity index (χ0v) is 18.6. The maximum atomic E-state index is 11.8. The summed E-state index contributed by atoms with van der Waals surface area (Å²) in [6, 6.07) is 0. The zero-order valence-electron chi connectivity index (χ0n) is 18.6. The van der Waals surface area contributed by atoms with Crippen molar-refractivity contribution in [3.63, 3.8) is 0 Å². The van der Waals surface area contributed by atoms with Gasteiger partial charge in [0.2, 0.25) is 0 Å². The Hall–Kier alpha value is 0.511. The summed E-state index contributed by atoms with van der Waals surface area (Å²) in [6.45, 7) is 4.41. The van der Waals surface area contributed by atoms with Crippen LogP contribution < -0.4 is 0 Å². The van der Waals surface area contributed by atoms with Gasteiger partial charge in [-0.3, -0.25) is 9.59 Å². The van der Waals surface area contributed by atoms with E-state index in [2.05, 4.69) is 13.8 Å². The minimum atomic E-state index is -1.58. The normalized spacial score (nSPS) is 11.2. The van der Waals surface area contributed by atoms with Crippen LogP contribution in [0.5, 0.6) is 0 Å². The third-order valence-corrected chi connectivity index (χ3v) is 5.98. The molecule has 0 heterocycles. The van der Waals surface area contributed by atoms with Crippen molar-refractivity contribution in [1.82, 2.24) is 0 Å². The number of hydrogen-bond donors (Lipinski definition) is 2. The second kappa shape index (κ2) is 21.7. The van der Waals surface area contributed by atoms with E-state index in [-0.39, 0.29) is 61.7 Å². The van der Waals surface area contributed by atoms with Gasteiger partial charge in [0.1, 0.15) is 0 Å². The number of carbonyl (C=O) groups is 2. The third-order valence-electron chi connectivity index (χ3n) is 5.98. The summed E-state index contributed by atoms with van der Waals surface area (Å²) in [4.78, 5) is 23.6. The summed E-state index contributed by atoms with van der Waals surface area (Å²) in [6.07, 6.45) is 19.7. The van der Waals surface area contributed by atoms with E-state index in [1.165, 1.54) is 70.6 Å². The minimum absolute atomic E-state index is 0. The predicted octanol–water partition coefficient (Wildman–Crippen LogP) is 6.68. The van der Waals surface area contributed by atoms with Gasteiger partial charge in [-0.15, -0.1) is 0 Å². The average molecular weight is 538 g/mol. The van der Waals surface area contributed by atoms with Crippen molar-refractivity contribution < 1.29 is 19.8 Å². The molecular weight excluding hydrogens is 490 g/mol. The molecule has 0 saturated carbocycles. The van der Waals surface area contributed by atoms with Crippen molar-refractivity contribution >= 4 is 60.8 Å². The molecule has 29 heavy (non-hydrogen) atoms. The molecule has 0 radical (unpaired) electrons. The van der Waals surface area contributed by atoms with E-state index >= 15 is 0 Å². The number of aliphatic carboxylic acids is 2. The van der Waals surface area contributed by atoms with E-state index in [1.807, 2.05) is 0 Å². The van der Waals surface area contributed by atoms with Crippen LogP contribution in [0.25, 0.3) is 0 Å². The second-order valence-corrected chi connectivity index (χ2v) is 8.50. The van der Waals surface area contributed by atoms with E-state index in [1.54, 1.807) is 0 Å². The van der Waals surface area contributed by atoms with Crippen molar-refractivity contribution in [1.29, 1.82) is 0 Å². The van der Waals surface area contributed by atoms with Crippen LogP contribution in [0.3, 0.4) is 0 Å². The molecular formula is C24H48BaO4. The van der Waals surface area contributed by atoms with Crippen LogP contribution in [-0.4, -0.2) is 71.0 Å². The van der Waals surface area contributed by atoms with Gasteiger partial charge < -0.3 is 10.2 Å². The van der Waals surface area contributed by atoms with E-state index < -0.39 is 17.4 Å². The first-order valence-corrected chi connectivity index (χ1v) is 12.0. The van der Waals surface area contributed by atoms with Crippen LogP contribution in [0.1, 0.15) is 136 Å². The van der Waals surface area contributed by atoms with Crippen molar-refractivity contribution in [2.75, 3.05) is 0 Å². The first-order chi connectivity index (χ1) is 13.5. The Balaban J connectivity index is 0. The van der Waals surface area contributed by atoms with Crippen molar-refractivity contribution in [3.8, 4) is 0 Å². The van der Waals surface area contributed by atoms with Gasteiger partial charge in [-0.2, -0.15) is 0 Å². The molecule has 0 rings (SSSR count). The molecule has 0 atom stereocenters. The standard InChI is InChI=1S/C24H46O4.Ba.2H/c1-3-5-7-9-11-12-13-15-17-19-21-24(22(25)26,23(27)28)20-18-16-14-10-8-6-4-2;;;/h3-21H2,1-2H3,(H,25,26)(H,27,28);;;. The molecule has 0 aliphatic heterocycles. The maximum absolute atomic E-state index is 11.8. The molecule has 0 bridgehead atoms.